The van der Waals surface area contributed by atoms with Gasteiger partial charge in [0.15, 0.2) is 11.6 Å². The third kappa shape index (κ3) is 10.3. The van der Waals surface area contributed by atoms with Gasteiger partial charge in [-0.15, -0.1) is 10.2 Å². The molecular formula is C54H49FN20O4. The van der Waals surface area contributed by atoms with Crippen LogP contribution in [0.4, 0.5) is 39.3 Å². The van der Waals surface area contributed by atoms with E-state index in [0.717, 1.165) is 22.3 Å². The molecule has 8 heterocycles. The highest BCUT2D eigenvalue weighted by Crippen LogP contribution is 2.34. The number of piperazine rings is 2. The molecule has 2 aliphatic rings. The lowest BCUT2D eigenvalue weighted by atomic mass is 10.2. The van der Waals surface area contributed by atoms with Crippen LogP contribution in [0.1, 0.15) is 11.1 Å². The van der Waals surface area contributed by atoms with E-state index in [1.165, 1.54) is 24.8 Å². The summed E-state index contributed by atoms with van der Waals surface area (Å²) in [4.78, 5) is 69.3. The van der Waals surface area contributed by atoms with E-state index in [4.69, 9.17) is 19.4 Å². The van der Waals surface area contributed by atoms with Gasteiger partial charge in [0.05, 0.1) is 35.7 Å². The highest BCUT2D eigenvalue weighted by Gasteiger charge is 2.25. The molecular weight excluding hydrogens is 1010 g/mol. The standard InChI is InChI=1S/C54H49FN20O4/c1-5-47(76)71-15-19-73(20-16-71)53-56-28-41-49(64-53)51(60-30-58-41)62-34-8-13-45(32(2)23-34)78-35-10-12-44-40(26-35)67-69-75(44)14-6-7-48(77)72-17-21-74(22-18-72)54-57-29-42-50(65-54)52(61-31-59-42)63-38-24-33(3)46(27-37(38)55)79-36-9-11-43-39(25-36)66-68-70(43)4/h5-13,23-31H,1,14-22H2,2-4H3,(H,58,60,62)(H,59,61,63)/b7-6+. The molecule has 79 heavy (non-hydrogen) atoms. The zero-order chi connectivity index (χ0) is 54.1. The molecule has 0 spiro atoms. The molecule has 24 nitrogen and oxygen atoms in total. The Hall–Kier alpha value is -10.3. The maximum absolute atomic E-state index is 15.7. The highest BCUT2D eigenvalue weighted by atomic mass is 19.1. The van der Waals surface area contributed by atoms with Crippen LogP contribution in [-0.2, 0) is 23.2 Å². The van der Waals surface area contributed by atoms with Crippen LogP contribution < -0.4 is 29.9 Å². The van der Waals surface area contributed by atoms with Crippen LogP contribution in [0, 0.1) is 19.7 Å². The molecule has 396 valence electrons. The fourth-order valence-corrected chi connectivity index (χ4v) is 9.38. The molecule has 0 radical (unpaired) electrons. The monoisotopic (exact) mass is 1060 g/mol. The number of carbonyl (C=O) groups is 2. The van der Waals surface area contributed by atoms with Crippen molar-refractivity contribution in [2.45, 2.75) is 20.4 Å². The fraction of sp³-hybridized carbons (Fsp3) is 0.222. The lowest BCUT2D eigenvalue weighted by Crippen LogP contribution is -2.48. The van der Waals surface area contributed by atoms with E-state index in [-0.39, 0.29) is 17.5 Å². The SMILES string of the molecule is C=CC(=O)N1CCN(c2ncc3ncnc(Nc4ccc(Oc5ccc6c(c5)nnn6C/C=C/C(=O)N5CCN(c6ncc7ncnc(Nc8cc(C)c(Oc9ccc%10c(c9)nnn%10C)cc8F)c7n6)CC5)c(C)c4)c3n2)CC1. The van der Waals surface area contributed by atoms with Crippen LogP contribution in [0.15, 0.2) is 117 Å². The minimum Gasteiger partial charge on any atom is -0.457 e. The largest absolute Gasteiger partial charge is 0.457 e. The lowest BCUT2D eigenvalue weighted by Gasteiger charge is -2.34. The van der Waals surface area contributed by atoms with Crippen molar-refractivity contribution < 1.29 is 23.5 Å². The summed E-state index contributed by atoms with van der Waals surface area (Å²) >= 11 is 0. The Morgan fingerprint density at radius 1 is 0.633 bits per heavy atom. The molecule has 2 N–H and O–H groups in total. The molecule has 0 unspecified atom stereocenters. The second-order valence-corrected chi connectivity index (χ2v) is 18.8. The van der Waals surface area contributed by atoms with Gasteiger partial charge in [-0.3, -0.25) is 9.59 Å². The van der Waals surface area contributed by atoms with Gasteiger partial charge < -0.3 is 39.7 Å². The lowest BCUT2D eigenvalue weighted by molar-refractivity contribution is -0.127. The van der Waals surface area contributed by atoms with Crippen molar-refractivity contribution in [1.82, 2.24) is 79.7 Å². The molecule has 4 aromatic carbocycles. The van der Waals surface area contributed by atoms with E-state index in [1.54, 1.807) is 69.0 Å². The third-order valence-electron chi connectivity index (χ3n) is 13.7. The number of nitrogens with one attached hydrogen (secondary N) is 2. The van der Waals surface area contributed by atoms with E-state index < -0.39 is 5.82 Å². The number of rotatable bonds is 14. The van der Waals surface area contributed by atoms with Gasteiger partial charge in [0.25, 0.3) is 0 Å². The first-order valence-electron chi connectivity index (χ1n) is 25.3. The summed E-state index contributed by atoms with van der Waals surface area (Å²) in [5.74, 6) is 3.14. The normalized spacial score (nSPS) is 14.0. The van der Waals surface area contributed by atoms with Gasteiger partial charge in [0.1, 0.15) is 74.6 Å². The molecule has 12 rings (SSSR count). The summed E-state index contributed by atoms with van der Waals surface area (Å²) in [6, 6.07) is 19.7. The number of hydrogen-bond acceptors (Lipinski definition) is 20. The molecule has 2 amide bonds. The zero-order valence-corrected chi connectivity index (χ0v) is 43.0. The Bertz CT molecular complexity index is 4040. The van der Waals surface area contributed by atoms with Crippen molar-refractivity contribution in [1.29, 1.82) is 0 Å². The van der Waals surface area contributed by atoms with Gasteiger partial charge in [0.2, 0.25) is 23.7 Å². The van der Waals surface area contributed by atoms with Crippen LogP contribution in [0.5, 0.6) is 23.0 Å². The molecule has 0 bridgehead atoms. The molecule has 2 aliphatic heterocycles. The van der Waals surface area contributed by atoms with E-state index in [2.05, 4.69) is 67.7 Å². The van der Waals surface area contributed by atoms with Gasteiger partial charge in [-0.1, -0.05) is 23.1 Å². The molecule has 10 aromatic rings. The predicted octanol–water partition coefficient (Wildman–Crippen LogP) is 6.75. The highest BCUT2D eigenvalue weighted by molar-refractivity contribution is 5.90. The third-order valence-corrected chi connectivity index (χ3v) is 13.7. The molecule has 25 heteroatoms. The Labute approximate surface area is 449 Å². The molecule has 2 saturated heterocycles. The van der Waals surface area contributed by atoms with E-state index in [1.807, 2.05) is 66.1 Å². The van der Waals surface area contributed by atoms with Gasteiger partial charge >= 0.3 is 0 Å². The summed E-state index contributed by atoms with van der Waals surface area (Å²) in [5.41, 5.74) is 7.50. The smallest absolute Gasteiger partial charge is 0.246 e. The van der Waals surface area contributed by atoms with Crippen molar-refractivity contribution in [3.05, 3.63) is 134 Å². The maximum atomic E-state index is 15.7. The minimum absolute atomic E-state index is 0.0876. The molecule has 6 aromatic heterocycles. The second kappa shape index (κ2) is 21.0. The van der Waals surface area contributed by atoms with Gasteiger partial charge in [-0.25, -0.2) is 53.6 Å². The minimum atomic E-state index is -0.550. The number of allylic oxidation sites excluding steroid dienone is 1. The maximum Gasteiger partial charge on any atom is 0.246 e. The number of amides is 2. The second-order valence-electron chi connectivity index (χ2n) is 18.8. The number of benzene rings is 4. The van der Waals surface area contributed by atoms with Crippen molar-refractivity contribution in [3.63, 3.8) is 0 Å². The average Bonchev–Trinajstić information content (AvgIpc) is 4.09. The molecule has 0 aliphatic carbocycles. The van der Waals surface area contributed by atoms with Crippen LogP contribution in [-0.4, -0.2) is 144 Å². The van der Waals surface area contributed by atoms with E-state index >= 15 is 4.39 Å². The molecule has 0 atom stereocenters. The van der Waals surface area contributed by atoms with Crippen molar-refractivity contribution in [3.8, 4) is 23.0 Å². The molecule has 2 fully saturated rings. The summed E-state index contributed by atoms with van der Waals surface area (Å²) in [7, 11) is 1.81. The van der Waals surface area contributed by atoms with Gasteiger partial charge in [0, 0.05) is 89.4 Å². The number of aromatic nitrogens is 14. The van der Waals surface area contributed by atoms with Crippen molar-refractivity contribution >= 4 is 90.9 Å². The number of fused-ring (bicyclic) bond motifs is 4. The first kappa shape index (κ1) is 49.5. The van der Waals surface area contributed by atoms with E-state index in [9.17, 15) is 9.59 Å². The first-order valence-corrected chi connectivity index (χ1v) is 25.3. The molecule has 0 saturated carbocycles. The Morgan fingerprint density at radius 3 is 1.86 bits per heavy atom. The zero-order valence-electron chi connectivity index (χ0n) is 43.0. The van der Waals surface area contributed by atoms with Gasteiger partial charge in [-0.2, -0.15) is 0 Å². The topological polar surface area (TPSA) is 254 Å². The summed E-state index contributed by atoms with van der Waals surface area (Å²) in [6.07, 6.45) is 10.8. The number of hydrogen-bond donors (Lipinski definition) is 2. The number of ether oxygens (including phenoxy) is 2. The van der Waals surface area contributed by atoms with E-state index in [0.29, 0.717) is 144 Å². The fourth-order valence-electron chi connectivity index (χ4n) is 9.38. The van der Waals surface area contributed by atoms with Crippen molar-refractivity contribution in [2.75, 3.05) is 72.8 Å². The average molecular weight is 1060 g/mol. The Morgan fingerprint density at radius 2 is 1.22 bits per heavy atom. The number of carbonyl (C=O) groups excluding carboxylic acids is 2. The summed E-state index contributed by atoms with van der Waals surface area (Å²) < 4.78 is 31.4. The Balaban J connectivity index is 0.638. The Kier molecular flexibility index (Phi) is 13.2. The summed E-state index contributed by atoms with van der Waals surface area (Å²) in [5, 5.41) is 23.4. The van der Waals surface area contributed by atoms with Crippen LogP contribution in [0.2, 0.25) is 0 Å². The van der Waals surface area contributed by atoms with Crippen LogP contribution in [0.3, 0.4) is 0 Å². The van der Waals surface area contributed by atoms with Crippen LogP contribution >= 0.6 is 0 Å². The first-order chi connectivity index (χ1) is 38.5. The van der Waals surface area contributed by atoms with Crippen molar-refractivity contribution in [2.24, 2.45) is 7.05 Å². The quantitative estimate of drug-likeness (QED) is 0.107. The van der Waals surface area contributed by atoms with Crippen LogP contribution in [0.25, 0.3) is 44.1 Å². The predicted molar refractivity (Wildman–Crippen MR) is 292 cm³/mol. The number of aryl methyl sites for hydroxylation is 3. The summed E-state index contributed by atoms with van der Waals surface area (Å²) in [6.45, 7) is 11.8. The number of halogens is 1. The van der Waals surface area contributed by atoms with Gasteiger partial charge in [-0.05, 0) is 79.6 Å². The number of nitrogens with zero attached hydrogens (tertiary/aromatic N) is 18. The number of anilines is 6.